The van der Waals surface area contributed by atoms with E-state index < -0.39 is 0 Å². The Labute approximate surface area is 142 Å². The lowest BCUT2D eigenvalue weighted by atomic mass is 10.1. The summed E-state index contributed by atoms with van der Waals surface area (Å²) < 4.78 is 0. The number of fused-ring (bicyclic) bond motifs is 2. The molecule has 2 aromatic rings. The zero-order chi connectivity index (χ0) is 15.6. The van der Waals surface area contributed by atoms with Crippen molar-refractivity contribution in [3.8, 4) is 0 Å². The highest BCUT2D eigenvalue weighted by molar-refractivity contribution is 7.99. The van der Waals surface area contributed by atoms with Crippen LogP contribution in [-0.4, -0.2) is 35.6 Å². The van der Waals surface area contributed by atoms with Gasteiger partial charge in [0.1, 0.15) is 5.82 Å². The third-order valence-corrected chi connectivity index (χ3v) is 5.95. The quantitative estimate of drug-likeness (QED) is 0.823. The molecule has 0 aliphatic carbocycles. The summed E-state index contributed by atoms with van der Waals surface area (Å²) in [6.45, 7) is 5.83. The van der Waals surface area contributed by atoms with Crippen LogP contribution in [0.25, 0.3) is 0 Å². The minimum absolute atomic E-state index is 0.543. The summed E-state index contributed by atoms with van der Waals surface area (Å²) in [4.78, 5) is 12.3. The number of aromatic nitrogens is 1. The van der Waals surface area contributed by atoms with Gasteiger partial charge >= 0.3 is 0 Å². The summed E-state index contributed by atoms with van der Waals surface area (Å²) in [5.74, 6) is 1.11. The Morgan fingerprint density at radius 3 is 2.70 bits per heavy atom. The summed E-state index contributed by atoms with van der Waals surface area (Å²) in [5, 5.41) is 0. The van der Waals surface area contributed by atoms with Crippen molar-refractivity contribution < 1.29 is 0 Å². The van der Waals surface area contributed by atoms with E-state index in [4.69, 9.17) is 0 Å². The number of rotatable bonds is 3. The van der Waals surface area contributed by atoms with E-state index in [2.05, 4.69) is 52.0 Å². The van der Waals surface area contributed by atoms with Crippen LogP contribution >= 0.6 is 11.8 Å². The molecule has 3 heterocycles. The Kier molecular flexibility index (Phi) is 4.27. The summed E-state index contributed by atoms with van der Waals surface area (Å²) >= 11 is 1.83. The molecule has 2 aliphatic rings. The summed E-state index contributed by atoms with van der Waals surface area (Å²) in [6, 6.07) is 13.5. The number of para-hydroxylation sites is 1. The Bertz CT molecular complexity index is 636. The second-order valence-corrected chi connectivity index (χ2v) is 7.53. The topological polar surface area (TPSA) is 19.4 Å². The Balaban J connectivity index is 1.64. The van der Waals surface area contributed by atoms with Gasteiger partial charge in [-0.2, -0.15) is 0 Å². The zero-order valence-electron chi connectivity index (χ0n) is 13.6. The predicted octanol–water partition coefficient (Wildman–Crippen LogP) is 4.56. The van der Waals surface area contributed by atoms with E-state index in [-0.39, 0.29) is 0 Å². The third-order valence-electron chi connectivity index (χ3n) is 4.84. The van der Waals surface area contributed by atoms with Gasteiger partial charge in [-0.3, -0.25) is 4.90 Å². The molecule has 0 N–H and O–H groups in total. The van der Waals surface area contributed by atoms with E-state index in [0.717, 1.165) is 12.4 Å². The number of piperidine rings is 1. The van der Waals surface area contributed by atoms with Gasteiger partial charge in [-0.15, -0.1) is 0 Å². The number of hydrogen-bond donors (Lipinski definition) is 0. The van der Waals surface area contributed by atoms with E-state index in [1.807, 2.05) is 24.0 Å². The third kappa shape index (κ3) is 2.98. The van der Waals surface area contributed by atoms with Crippen molar-refractivity contribution in [1.82, 2.24) is 9.88 Å². The first-order valence-corrected chi connectivity index (χ1v) is 9.38. The van der Waals surface area contributed by atoms with E-state index >= 15 is 0 Å². The predicted molar refractivity (Wildman–Crippen MR) is 96.7 cm³/mol. The van der Waals surface area contributed by atoms with Crippen molar-refractivity contribution >= 4 is 23.3 Å². The highest BCUT2D eigenvalue weighted by atomic mass is 32.2. The van der Waals surface area contributed by atoms with Gasteiger partial charge in [0.05, 0.1) is 10.6 Å². The van der Waals surface area contributed by atoms with Gasteiger partial charge < -0.3 is 4.90 Å². The Hall–Kier alpha value is -1.52. The molecule has 0 spiro atoms. The first kappa shape index (κ1) is 15.0. The van der Waals surface area contributed by atoms with Crippen LogP contribution in [0.2, 0.25) is 0 Å². The largest absolute Gasteiger partial charge is 0.323 e. The molecule has 1 fully saturated rings. The minimum Gasteiger partial charge on any atom is -0.323 e. The fraction of sp³-hybridized carbons (Fsp3) is 0.421. The van der Waals surface area contributed by atoms with Crippen molar-refractivity contribution in [3.63, 3.8) is 0 Å². The molecule has 1 aromatic heterocycles. The lowest BCUT2D eigenvalue weighted by molar-refractivity contribution is 0.177. The van der Waals surface area contributed by atoms with Gasteiger partial charge in [0.25, 0.3) is 0 Å². The van der Waals surface area contributed by atoms with Gasteiger partial charge in [-0.05, 0) is 57.1 Å². The molecule has 1 atom stereocenters. The van der Waals surface area contributed by atoms with Crippen molar-refractivity contribution in [2.24, 2.45) is 0 Å². The van der Waals surface area contributed by atoms with Gasteiger partial charge in [0.2, 0.25) is 0 Å². The van der Waals surface area contributed by atoms with Crippen LogP contribution in [0.4, 0.5) is 11.5 Å². The first-order valence-electron chi connectivity index (χ1n) is 8.56. The molecule has 1 saturated heterocycles. The molecule has 0 saturated carbocycles. The average Bonchev–Trinajstić information content (AvgIpc) is 2.62. The summed E-state index contributed by atoms with van der Waals surface area (Å²) in [6.07, 6.45) is 5.97. The van der Waals surface area contributed by atoms with Crippen molar-refractivity contribution in [3.05, 3.63) is 42.6 Å². The van der Waals surface area contributed by atoms with Gasteiger partial charge in [-0.1, -0.05) is 30.3 Å². The zero-order valence-corrected chi connectivity index (χ0v) is 14.4. The standard InChI is InChI=1S/C19H23N3S/c1-15(21-12-5-2-6-13-21)14-22-16-8-3-4-9-17(16)23-18-10-7-11-20-19(18)22/h3-4,7-11,15H,2,5-6,12-14H2,1H3. The lowest BCUT2D eigenvalue weighted by Gasteiger charge is -2.38. The maximum Gasteiger partial charge on any atom is 0.147 e. The van der Waals surface area contributed by atoms with Gasteiger partial charge in [-0.25, -0.2) is 4.98 Å². The van der Waals surface area contributed by atoms with Crippen molar-refractivity contribution in [1.29, 1.82) is 0 Å². The van der Waals surface area contributed by atoms with E-state index in [0.29, 0.717) is 6.04 Å². The fourth-order valence-electron chi connectivity index (χ4n) is 3.59. The van der Waals surface area contributed by atoms with Crippen molar-refractivity contribution in [2.45, 2.75) is 42.0 Å². The van der Waals surface area contributed by atoms with Crippen LogP contribution in [0.15, 0.2) is 52.4 Å². The number of pyridine rings is 1. The molecule has 1 aromatic carbocycles. The highest BCUT2D eigenvalue weighted by Gasteiger charge is 2.27. The second kappa shape index (κ2) is 6.54. The van der Waals surface area contributed by atoms with Crippen molar-refractivity contribution in [2.75, 3.05) is 24.5 Å². The number of benzene rings is 1. The van der Waals surface area contributed by atoms with Crippen LogP contribution in [-0.2, 0) is 0 Å². The first-order chi connectivity index (χ1) is 11.3. The molecule has 1 unspecified atom stereocenters. The monoisotopic (exact) mass is 325 g/mol. The number of nitrogens with zero attached hydrogens (tertiary/aromatic N) is 3. The van der Waals surface area contributed by atoms with E-state index in [9.17, 15) is 0 Å². The van der Waals surface area contributed by atoms with Crippen LogP contribution in [0, 0.1) is 0 Å². The molecule has 3 nitrogen and oxygen atoms in total. The van der Waals surface area contributed by atoms with Gasteiger partial charge in [0.15, 0.2) is 0 Å². The maximum atomic E-state index is 4.68. The normalized spacial score (nSPS) is 19.1. The maximum absolute atomic E-state index is 4.68. The molecule has 4 rings (SSSR count). The lowest BCUT2D eigenvalue weighted by Crippen LogP contribution is -2.44. The van der Waals surface area contributed by atoms with Crippen LogP contribution < -0.4 is 4.90 Å². The molecule has 0 radical (unpaired) electrons. The van der Waals surface area contributed by atoms with Crippen LogP contribution in [0.1, 0.15) is 26.2 Å². The smallest absolute Gasteiger partial charge is 0.147 e. The molecule has 2 aliphatic heterocycles. The molecule has 4 heteroatoms. The molecule has 0 bridgehead atoms. The number of anilines is 2. The Morgan fingerprint density at radius 2 is 1.83 bits per heavy atom. The van der Waals surface area contributed by atoms with Crippen LogP contribution in [0.5, 0.6) is 0 Å². The number of likely N-dealkylation sites (tertiary alicyclic amines) is 1. The average molecular weight is 325 g/mol. The SMILES string of the molecule is CC(CN1c2ccccc2Sc2cccnc21)N1CCCCC1. The van der Waals surface area contributed by atoms with Crippen LogP contribution in [0.3, 0.4) is 0 Å². The van der Waals surface area contributed by atoms with E-state index in [1.165, 1.54) is 47.8 Å². The fourth-order valence-corrected chi connectivity index (χ4v) is 4.65. The summed E-state index contributed by atoms with van der Waals surface area (Å²) in [5.41, 5.74) is 1.30. The highest BCUT2D eigenvalue weighted by Crippen LogP contribution is 2.46. The summed E-state index contributed by atoms with van der Waals surface area (Å²) in [7, 11) is 0. The molecule has 0 amide bonds. The molecular formula is C19H23N3S. The van der Waals surface area contributed by atoms with Gasteiger partial charge in [0, 0.05) is 23.7 Å². The second-order valence-electron chi connectivity index (χ2n) is 6.45. The molecule has 120 valence electrons. The Morgan fingerprint density at radius 1 is 1.04 bits per heavy atom. The molecular weight excluding hydrogens is 302 g/mol. The number of hydrogen-bond acceptors (Lipinski definition) is 4. The van der Waals surface area contributed by atoms with E-state index in [1.54, 1.807) is 0 Å². The molecule has 23 heavy (non-hydrogen) atoms. The minimum atomic E-state index is 0.543.